The molecule has 18 heavy (non-hydrogen) atoms. The van der Waals surface area contributed by atoms with Gasteiger partial charge in [-0.05, 0) is 12.1 Å². The summed E-state index contributed by atoms with van der Waals surface area (Å²) in [5.74, 6) is -1.90. The molecule has 0 aliphatic carbocycles. The summed E-state index contributed by atoms with van der Waals surface area (Å²) in [5, 5.41) is 19.7. The number of benzene rings is 1. The first-order chi connectivity index (χ1) is 8.13. The van der Waals surface area contributed by atoms with E-state index in [1.165, 1.54) is 0 Å². The number of nitrogens with zero attached hydrogens (tertiary/aromatic N) is 1. The Balaban J connectivity index is 3.54. The lowest BCUT2D eigenvalue weighted by Crippen LogP contribution is -2.09. The van der Waals surface area contributed by atoms with Gasteiger partial charge in [-0.1, -0.05) is 0 Å². The maximum atomic E-state index is 12.7. The SMILES string of the molecule is CS(=O)(=O)Oc1ccc(O)c([N+](=O)[O-])c1C(F)F. The Labute approximate surface area is 99.9 Å². The van der Waals surface area contributed by atoms with Gasteiger partial charge in [-0.2, -0.15) is 8.42 Å². The van der Waals surface area contributed by atoms with Gasteiger partial charge in [0.05, 0.1) is 11.2 Å². The predicted octanol–water partition coefficient (Wildman–Crippen LogP) is 1.58. The Morgan fingerprint density at radius 1 is 1.44 bits per heavy atom. The van der Waals surface area contributed by atoms with Crippen LogP contribution in [-0.2, 0) is 10.1 Å². The lowest BCUT2D eigenvalue weighted by Gasteiger charge is -2.10. The molecule has 1 N–H and O–H groups in total. The molecular formula is C8H7F2NO6S. The van der Waals surface area contributed by atoms with E-state index < -0.39 is 44.2 Å². The number of hydrogen-bond acceptors (Lipinski definition) is 6. The fraction of sp³-hybridized carbons (Fsp3) is 0.250. The number of alkyl halides is 2. The molecule has 1 aromatic carbocycles. The fourth-order valence-electron chi connectivity index (χ4n) is 1.22. The van der Waals surface area contributed by atoms with Crippen molar-refractivity contribution in [3.63, 3.8) is 0 Å². The molecule has 0 aliphatic rings. The average molecular weight is 283 g/mol. The van der Waals surface area contributed by atoms with Gasteiger partial charge >= 0.3 is 15.8 Å². The zero-order chi connectivity index (χ0) is 14.1. The predicted molar refractivity (Wildman–Crippen MR) is 55.2 cm³/mol. The van der Waals surface area contributed by atoms with Crippen LogP contribution in [0.4, 0.5) is 14.5 Å². The average Bonchev–Trinajstić information content (AvgIpc) is 2.17. The van der Waals surface area contributed by atoms with E-state index >= 15 is 0 Å². The van der Waals surface area contributed by atoms with Crippen molar-refractivity contribution < 1.29 is 31.4 Å². The van der Waals surface area contributed by atoms with Crippen LogP contribution in [0.25, 0.3) is 0 Å². The topological polar surface area (TPSA) is 107 Å². The largest absolute Gasteiger partial charge is 0.502 e. The standard InChI is InChI=1S/C8H7F2NO6S/c1-18(15,16)17-5-3-2-4(12)7(11(13)14)6(5)8(9)10/h2-3,8,12H,1H3. The van der Waals surface area contributed by atoms with Crippen molar-refractivity contribution in [1.82, 2.24) is 0 Å². The molecule has 0 fully saturated rings. The van der Waals surface area contributed by atoms with Crippen molar-refractivity contribution in [2.24, 2.45) is 0 Å². The van der Waals surface area contributed by atoms with E-state index in [-0.39, 0.29) is 0 Å². The molecule has 0 aromatic heterocycles. The molecule has 1 rings (SSSR count). The molecule has 0 heterocycles. The van der Waals surface area contributed by atoms with Gasteiger partial charge in [0.25, 0.3) is 6.43 Å². The minimum atomic E-state index is -4.13. The highest BCUT2D eigenvalue weighted by Gasteiger charge is 2.31. The number of hydrogen-bond donors (Lipinski definition) is 1. The molecule has 0 spiro atoms. The van der Waals surface area contributed by atoms with Crippen LogP contribution in [-0.4, -0.2) is 24.7 Å². The third kappa shape index (κ3) is 3.03. The van der Waals surface area contributed by atoms with Crippen LogP contribution in [0.1, 0.15) is 12.0 Å². The van der Waals surface area contributed by atoms with E-state index in [1.807, 2.05) is 0 Å². The Kier molecular flexibility index (Phi) is 3.70. The Morgan fingerprint density at radius 3 is 2.39 bits per heavy atom. The van der Waals surface area contributed by atoms with Gasteiger partial charge in [-0.15, -0.1) is 0 Å². The lowest BCUT2D eigenvalue weighted by atomic mass is 10.1. The monoisotopic (exact) mass is 283 g/mol. The Bertz CT molecular complexity index is 585. The summed E-state index contributed by atoms with van der Waals surface area (Å²) in [6, 6.07) is 1.41. The van der Waals surface area contributed by atoms with Crippen LogP contribution in [0.5, 0.6) is 11.5 Å². The second-order valence-corrected chi connectivity index (χ2v) is 4.77. The van der Waals surface area contributed by atoms with E-state index in [2.05, 4.69) is 4.18 Å². The molecule has 0 aliphatic heterocycles. The van der Waals surface area contributed by atoms with E-state index in [0.717, 1.165) is 0 Å². The zero-order valence-corrected chi connectivity index (χ0v) is 9.65. The highest BCUT2D eigenvalue weighted by atomic mass is 32.2. The van der Waals surface area contributed by atoms with E-state index in [4.69, 9.17) is 5.11 Å². The quantitative estimate of drug-likeness (QED) is 0.510. The van der Waals surface area contributed by atoms with Gasteiger partial charge in [0.1, 0.15) is 5.56 Å². The number of nitro groups is 1. The van der Waals surface area contributed by atoms with Crippen molar-refractivity contribution >= 4 is 15.8 Å². The van der Waals surface area contributed by atoms with Crippen LogP contribution >= 0.6 is 0 Å². The number of phenolic OH excluding ortho intramolecular Hbond substituents is 1. The molecule has 0 atom stereocenters. The van der Waals surface area contributed by atoms with Gasteiger partial charge in [-0.25, -0.2) is 8.78 Å². The Hall–Kier alpha value is -1.97. The molecule has 0 saturated carbocycles. The highest BCUT2D eigenvalue weighted by molar-refractivity contribution is 7.86. The van der Waals surface area contributed by atoms with E-state index in [0.29, 0.717) is 18.4 Å². The lowest BCUT2D eigenvalue weighted by molar-refractivity contribution is -0.387. The first kappa shape index (κ1) is 14.1. The summed E-state index contributed by atoms with van der Waals surface area (Å²) >= 11 is 0. The number of nitro benzene ring substituents is 1. The van der Waals surface area contributed by atoms with Gasteiger partial charge < -0.3 is 9.29 Å². The summed E-state index contributed by atoms with van der Waals surface area (Å²) in [6.07, 6.45) is -2.78. The molecule has 10 heteroatoms. The van der Waals surface area contributed by atoms with E-state index in [1.54, 1.807) is 0 Å². The number of halogens is 2. The van der Waals surface area contributed by atoms with Crippen molar-refractivity contribution in [3.05, 3.63) is 27.8 Å². The molecule has 0 unspecified atom stereocenters. The van der Waals surface area contributed by atoms with Gasteiger partial charge in [-0.3, -0.25) is 10.1 Å². The van der Waals surface area contributed by atoms with Crippen LogP contribution in [0.2, 0.25) is 0 Å². The molecule has 0 radical (unpaired) electrons. The van der Waals surface area contributed by atoms with Crippen LogP contribution in [0.3, 0.4) is 0 Å². The third-order valence-electron chi connectivity index (χ3n) is 1.80. The second-order valence-electron chi connectivity index (χ2n) is 3.19. The normalized spacial score (nSPS) is 11.6. The molecule has 0 saturated heterocycles. The Morgan fingerprint density at radius 2 is 2.00 bits per heavy atom. The fourth-order valence-corrected chi connectivity index (χ4v) is 1.69. The first-order valence-electron chi connectivity index (χ1n) is 4.31. The summed E-state index contributed by atoms with van der Waals surface area (Å²) in [5.41, 5.74) is -2.57. The van der Waals surface area contributed by atoms with Crippen molar-refractivity contribution in [3.8, 4) is 11.5 Å². The smallest absolute Gasteiger partial charge is 0.323 e. The number of phenols is 1. The van der Waals surface area contributed by atoms with Crippen molar-refractivity contribution in [1.29, 1.82) is 0 Å². The van der Waals surface area contributed by atoms with Crippen LogP contribution in [0, 0.1) is 10.1 Å². The number of rotatable bonds is 4. The second kappa shape index (κ2) is 4.72. The molecular weight excluding hydrogens is 276 g/mol. The molecule has 7 nitrogen and oxygen atoms in total. The first-order valence-corrected chi connectivity index (χ1v) is 6.13. The molecule has 0 amide bonds. The molecule has 0 bridgehead atoms. The summed E-state index contributed by atoms with van der Waals surface area (Å²) < 4.78 is 51.3. The van der Waals surface area contributed by atoms with E-state index in [9.17, 15) is 27.3 Å². The summed E-state index contributed by atoms with van der Waals surface area (Å²) in [6.45, 7) is 0. The minimum Gasteiger partial charge on any atom is -0.502 e. The van der Waals surface area contributed by atoms with Gasteiger partial charge in [0.15, 0.2) is 11.5 Å². The molecule has 1 aromatic rings. The van der Waals surface area contributed by atoms with Crippen molar-refractivity contribution in [2.45, 2.75) is 6.43 Å². The van der Waals surface area contributed by atoms with Crippen LogP contribution < -0.4 is 4.18 Å². The maximum absolute atomic E-state index is 12.7. The summed E-state index contributed by atoms with van der Waals surface area (Å²) in [4.78, 5) is 9.33. The maximum Gasteiger partial charge on any atom is 0.323 e. The minimum absolute atomic E-state index is 0.598. The third-order valence-corrected chi connectivity index (χ3v) is 2.28. The van der Waals surface area contributed by atoms with Crippen molar-refractivity contribution in [2.75, 3.05) is 6.26 Å². The van der Waals surface area contributed by atoms with Gasteiger partial charge in [0.2, 0.25) is 0 Å². The zero-order valence-electron chi connectivity index (χ0n) is 8.83. The summed E-state index contributed by atoms with van der Waals surface area (Å²) in [7, 11) is -4.13. The highest BCUT2D eigenvalue weighted by Crippen LogP contribution is 2.42. The number of aromatic hydroxyl groups is 1. The van der Waals surface area contributed by atoms with Crippen LogP contribution in [0.15, 0.2) is 12.1 Å². The van der Waals surface area contributed by atoms with Gasteiger partial charge in [0, 0.05) is 0 Å². The molecule has 100 valence electrons.